The van der Waals surface area contributed by atoms with E-state index in [1.807, 2.05) is 23.1 Å². The fraction of sp³-hybridized carbons (Fsp3) is 0.477. The van der Waals surface area contributed by atoms with Crippen LogP contribution in [-0.4, -0.2) is 121 Å². The third-order valence-electron chi connectivity index (χ3n) is 12.8. The van der Waals surface area contributed by atoms with Crippen LogP contribution in [0.1, 0.15) is 70.4 Å². The maximum atomic E-state index is 13.5. The van der Waals surface area contributed by atoms with Crippen molar-refractivity contribution in [1.29, 1.82) is 0 Å². The molecule has 0 saturated carbocycles. The van der Waals surface area contributed by atoms with Gasteiger partial charge in [-0.3, -0.25) is 39.1 Å². The van der Waals surface area contributed by atoms with Crippen LogP contribution in [0.3, 0.4) is 0 Å². The molecule has 0 spiro atoms. The Hall–Kier alpha value is -5.86. The number of rotatable bonds is 10. The van der Waals surface area contributed by atoms with E-state index in [9.17, 15) is 37.1 Å². The lowest BCUT2D eigenvalue weighted by Crippen LogP contribution is -2.54. The first-order chi connectivity index (χ1) is 29.3. The molecule has 4 saturated heterocycles. The molecule has 14 nitrogen and oxygen atoms in total. The normalized spacial score (nSPS) is 21.1. The third-order valence-corrected chi connectivity index (χ3v) is 12.8. The molecule has 5 aliphatic heterocycles. The van der Waals surface area contributed by atoms with Crippen LogP contribution in [0, 0.1) is 18.4 Å². The largest absolute Gasteiger partial charge is 0.407 e. The van der Waals surface area contributed by atoms with Crippen LogP contribution in [0.25, 0.3) is 4.85 Å². The summed E-state index contributed by atoms with van der Waals surface area (Å²) in [7, 11) is 0. The number of likely N-dealkylation sites (tertiary alicyclic amines) is 1. The number of hydrogen-bond acceptors (Lipinski definition) is 10. The topological polar surface area (TPSA) is 143 Å². The van der Waals surface area contributed by atoms with E-state index in [0.717, 1.165) is 93.8 Å². The number of anilines is 3. The van der Waals surface area contributed by atoms with Gasteiger partial charge < -0.3 is 20.0 Å². The number of nitrogens with zero attached hydrogens (tertiary/aromatic N) is 7. The van der Waals surface area contributed by atoms with Gasteiger partial charge in [0.1, 0.15) is 11.9 Å². The summed E-state index contributed by atoms with van der Waals surface area (Å²) in [6.45, 7) is 15.3. The van der Waals surface area contributed by atoms with Crippen LogP contribution in [0.5, 0.6) is 0 Å². The van der Waals surface area contributed by atoms with Crippen molar-refractivity contribution in [1.82, 2.24) is 25.0 Å². The Labute approximate surface area is 351 Å². The molecule has 0 bridgehead atoms. The van der Waals surface area contributed by atoms with Gasteiger partial charge in [-0.25, -0.2) is 9.83 Å². The van der Waals surface area contributed by atoms with Crippen LogP contribution in [0.2, 0.25) is 0 Å². The molecule has 1 atom stereocenters. The van der Waals surface area contributed by atoms with Crippen LogP contribution < -0.4 is 20.4 Å². The lowest BCUT2D eigenvalue weighted by molar-refractivity contribution is -0.137. The van der Waals surface area contributed by atoms with E-state index >= 15 is 0 Å². The van der Waals surface area contributed by atoms with E-state index in [2.05, 4.69) is 35.2 Å². The summed E-state index contributed by atoms with van der Waals surface area (Å²) >= 11 is 0. The molecule has 17 heteroatoms. The fourth-order valence-electron chi connectivity index (χ4n) is 9.21. The predicted octanol–water partition coefficient (Wildman–Crippen LogP) is 4.98. The molecule has 5 amide bonds. The maximum Gasteiger partial charge on any atom is 0.407 e. The average Bonchev–Trinajstić information content (AvgIpc) is 3.51. The van der Waals surface area contributed by atoms with Crippen LogP contribution in [0.15, 0.2) is 54.7 Å². The first kappa shape index (κ1) is 41.9. The Kier molecular flexibility index (Phi) is 12.1. The van der Waals surface area contributed by atoms with Gasteiger partial charge in [0, 0.05) is 82.3 Å². The van der Waals surface area contributed by atoms with Gasteiger partial charge >= 0.3 is 6.18 Å². The Balaban J connectivity index is 0.728. The van der Waals surface area contributed by atoms with Crippen molar-refractivity contribution in [2.24, 2.45) is 11.8 Å². The number of aromatic nitrogens is 1. The molecule has 2 N–H and O–H groups in total. The Morgan fingerprint density at radius 1 is 0.803 bits per heavy atom. The number of hydrogen-bond donors (Lipinski definition) is 2. The molecular formula is C44H48F3N9O5. The molecule has 8 rings (SSSR count). The summed E-state index contributed by atoms with van der Waals surface area (Å²) in [5.74, 6) is -1.36. The minimum absolute atomic E-state index is 0.0830. The second-order valence-electron chi connectivity index (χ2n) is 16.6. The minimum Gasteiger partial charge on any atom is -0.372 e. The van der Waals surface area contributed by atoms with Crippen molar-refractivity contribution in [3.63, 3.8) is 0 Å². The number of halogens is 3. The molecule has 4 fully saturated rings. The predicted molar refractivity (Wildman–Crippen MR) is 220 cm³/mol. The highest BCUT2D eigenvalue weighted by atomic mass is 19.4. The van der Waals surface area contributed by atoms with Crippen molar-refractivity contribution in [2.45, 2.75) is 57.2 Å². The van der Waals surface area contributed by atoms with Gasteiger partial charge in [-0.2, -0.15) is 13.2 Å². The molecular weight excluding hydrogens is 792 g/mol. The summed E-state index contributed by atoms with van der Waals surface area (Å²) in [6.07, 6.45) is 1.46. The van der Waals surface area contributed by atoms with E-state index in [0.29, 0.717) is 48.9 Å². The number of alkyl halides is 3. The molecule has 6 heterocycles. The number of imide groups is 2. The van der Waals surface area contributed by atoms with Gasteiger partial charge in [0.25, 0.3) is 11.8 Å². The van der Waals surface area contributed by atoms with E-state index in [-0.39, 0.29) is 30.2 Å². The van der Waals surface area contributed by atoms with Crippen molar-refractivity contribution < 1.29 is 37.1 Å². The van der Waals surface area contributed by atoms with Gasteiger partial charge in [-0.05, 0) is 99.5 Å². The highest BCUT2D eigenvalue weighted by Crippen LogP contribution is 2.39. The fourth-order valence-corrected chi connectivity index (χ4v) is 9.21. The Bertz CT molecular complexity index is 2220. The maximum absolute atomic E-state index is 13.5. The third kappa shape index (κ3) is 9.25. The minimum atomic E-state index is -4.62. The molecule has 1 unspecified atom stereocenters. The van der Waals surface area contributed by atoms with E-state index in [1.54, 1.807) is 18.3 Å². The molecule has 320 valence electrons. The molecule has 2 aromatic carbocycles. The lowest BCUT2D eigenvalue weighted by Gasteiger charge is -2.39. The zero-order valence-corrected chi connectivity index (χ0v) is 33.8. The SMILES string of the molecule is [C-]#[N+]c1ccc(N2CCC(C(=O)Nc3ccc(CCN4CCC(CN5CCN(c6ccc7c(c6)C(=O)N(C6CCC(=O)NC6=O)C7=O)CC5)CC4)cn3)CC2)cc1C(F)(F)F. The zero-order chi connectivity index (χ0) is 42.8. The van der Waals surface area contributed by atoms with Gasteiger partial charge in [-0.1, -0.05) is 12.1 Å². The van der Waals surface area contributed by atoms with Crippen molar-refractivity contribution in [3.8, 4) is 0 Å². The van der Waals surface area contributed by atoms with Gasteiger partial charge in [0.05, 0.1) is 23.3 Å². The van der Waals surface area contributed by atoms with Crippen LogP contribution in [-0.2, 0) is 27.0 Å². The Morgan fingerprint density at radius 2 is 1.49 bits per heavy atom. The highest BCUT2D eigenvalue weighted by Gasteiger charge is 2.45. The summed E-state index contributed by atoms with van der Waals surface area (Å²) in [4.78, 5) is 81.0. The molecule has 61 heavy (non-hydrogen) atoms. The van der Waals surface area contributed by atoms with E-state index < -0.39 is 47.1 Å². The van der Waals surface area contributed by atoms with Crippen LogP contribution >= 0.6 is 0 Å². The standard InChI is InChI=1S/C44H48F3N9O5/c1-48-36-6-4-32(25-35(36)44(45,46)47)54-18-13-30(14-19-54)40(58)50-38-8-2-28(26-49-38)10-15-52-16-11-29(12-17-52)27-53-20-22-55(23-21-53)31-3-5-33-34(24-31)43(61)56(42(33)60)37-7-9-39(57)51-41(37)59/h2-6,8,24-26,29-30,37H,7,9-23,27H2,(H,49,50,58)(H,51,57,59). The summed E-state index contributed by atoms with van der Waals surface area (Å²) in [6, 6.07) is 11.9. The van der Waals surface area contributed by atoms with Crippen molar-refractivity contribution in [3.05, 3.63) is 88.4 Å². The number of benzene rings is 2. The molecule has 3 aromatic rings. The Morgan fingerprint density at radius 3 is 2.16 bits per heavy atom. The van der Waals surface area contributed by atoms with Crippen molar-refractivity contribution in [2.75, 3.05) is 80.6 Å². The number of nitrogens with one attached hydrogen (secondary N) is 2. The number of piperidine rings is 3. The second-order valence-corrected chi connectivity index (χ2v) is 16.6. The van der Waals surface area contributed by atoms with Crippen molar-refractivity contribution >= 4 is 52.4 Å². The van der Waals surface area contributed by atoms with E-state index in [4.69, 9.17) is 6.57 Å². The summed E-state index contributed by atoms with van der Waals surface area (Å²) in [5, 5.41) is 5.14. The smallest absolute Gasteiger partial charge is 0.372 e. The number of carbonyl (C=O) groups excluding carboxylic acids is 5. The van der Waals surface area contributed by atoms with Crippen LogP contribution in [0.4, 0.5) is 36.1 Å². The number of fused-ring (bicyclic) bond motifs is 1. The molecule has 5 aliphatic rings. The van der Waals surface area contributed by atoms with Gasteiger partial charge in [-0.15, -0.1) is 0 Å². The first-order valence-electron chi connectivity index (χ1n) is 21.0. The van der Waals surface area contributed by atoms with Gasteiger partial charge in [0.2, 0.25) is 17.7 Å². The van der Waals surface area contributed by atoms with Gasteiger partial charge in [0.15, 0.2) is 5.69 Å². The number of amides is 5. The number of piperazine rings is 1. The first-order valence-corrected chi connectivity index (χ1v) is 21.0. The average molecular weight is 840 g/mol. The highest BCUT2D eigenvalue weighted by molar-refractivity contribution is 6.23. The summed E-state index contributed by atoms with van der Waals surface area (Å²) in [5.41, 5.74) is 1.57. The molecule has 0 radical (unpaired) electrons. The van der Waals surface area contributed by atoms with E-state index in [1.165, 1.54) is 12.1 Å². The molecule has 0 aliphatic carbocycles. The zero-order valence-electron chi connectivity index (χ0n) is 33.8. The monoisotopic (exact) mass is 839 g/mol. The quantitative estimate of drug-likeness (QED) is 0.212. The lowest BCUT2D eigenvalue weighted by atomic mass is 9.95. The number of pyridine rings is 1. The molecule has 1 aromatic heterocycles. The summed E-state index contributed by atoms with van der Waals surface area (Å²) < 4.78 is 40.4. The second kappa shape index (κ2) is 17.6. The number of carbonyl (C=O) groups is 5.